The second-order valence-corrected chi connectivity index (χ2v) is 5.96. The van der Waals surface area contributed by atoms with Crippen LogP contribution >= 0.6 is 0 Å². The van der Waals surface area contributed by atoms with Crippen molar-refractivity contribution in [2.45, 2.75) is 18.4 Å². The topological polar surface area (TPSA) is 125 Å². The Kier molecular flexibility index (Phi) is 3.74. The largest absolute Gasteiger partial charge is 0.384 e. The van der Waals surface area contributed by atoms with Crippen molar-refractivity contribution in [3.05, 3.63) is 41.1 Å². The summed E-state index contributed by atoms with van der Waals surface area (Å²) in [5.41, 5.74) is 7.00. The average molecular weight is 291 g/mol. The highest BCUT2D eigenvalue weighted by Gasteiger charge is 2.18. The van der Waals surface area contributed by atoms with Crippen LogP contribution in [0, 0.1) is 18.3 Å². The molecule has 20 heavy (non-hydrogen) atoms. The van der Waals surface area contributed by atoms with Crippen LogP contribution in [-0.2, 0) is 16.6 Å². The number of nitrogens with zero attached hydrogens (tertiary/aromatic N) is 2. The monoisotopic (exact) mass is 291 g/mol. The number of aromatic amines is 1. The highest BCUT2D eigenvalue weighted by Crippen LogP contribution is 2.17. The number of aromatic nitrogens is 2. The molecule has 0 aliphatic heterocycles. The minimum Gasteiger partial charge on any atom is -0.384 e. The van der Waals surface area contributed by atoms with Crippen molar-refractivity contribution >= 4 is 15.8 Å². The minimum absolute atomic E-state index is 0.0287. The van der Waals surface area contributed by atoms with Crippen LogP contribution in [0.3, 0.4) is 0 Å². The molecule has 8 heteroatoms. The first-order chi connectivity index (χ1) is 9.44. The van der Waals surface area contributed by atoms with E-state index < -0.39 is 10.0 Å². The first-order valence-corrected chi connectivity index (χ1v) is 7.20. The maximum atomic E-state index is 12.2. The van der Waals surface area contributed by atoms with E-state index in [1.54, 1.807) is 19.1 Å². The SMILES string of the molecule is Cc1ccc(C#N)cc1S(=O)(=O)NCc1cn[nH]c1N. The fraction of sp³-hybridized carbons (Fsp3) is 0.167. The summed E-state index contributed by atoms with van der Waals surface area (Å²) in [5, 5.41) is 15.1. The molecule has 0 unspecified atom stereocenters. The van der Waals surface area contributed by atoms with Crippen LogP contribution in [0.1, 0.15) is 16.7 Å². The van der Waals surface area contributed by atoms with Crippen molar-refractivity contribution in [1.29, 1.82) is 5.26 Å². The van der Waals surface area contributed by atoms with Crippen molar-refractivity contribution in [3.63, 3.8) is 0 Å². The zero-order valence-corrected chi connectivity index (χ0v) is 11.5. The molecule has 0 fully saturated rings. The number of aryl methyl sites for hydroxylation is 1. The van der Waals surface area contributed by atoms with Gasteiger partial charge in [-0.25, -0.2) is 13.1 Å². The van der Waals surface area contributed by atoms with Crippen molar-refractivity contribution in [2.75, 3.05) is 5.73 Å². The van der Waals surface area contributed by atoms with E-state index in [1.807, 2.05) is 6.07 Å². The Bertz CT molecular complexity index is 773. The number of hydrogen-bond acceptors (Lipinski definition) is 5. The Morgan fingerprint density at radius 2 is 2.25 bits per heavy atom. The van der Waals surface area contributed by atoms with Crippen LogP contribution in [0.25, 0.3) is 0 Å². The third-order valence-electron chi connectivity index (χ3n) is 2.81. The molecule has 2 aromatic rings. The number of benzene rings is 1. The zero-order chi connectivity index (χ0) is 14.8. The fourth-order valence-corrected chi connectivity index (χ4v) is 2.95. The average Bonchev–Trinajstić information content (AvgIpc) is 2.82. The van der Waals surface area contributed by atoms with Gasteiger partial charge in [0.2, 0.25) is 10.0 Å². The van der Waals surface area contributed by atoms with Crippen LogP contribution in [0.4, 0.5) is 5.82 Å². The minimum atomic E-state index is -3.71. The highest BCUT2D eigenvalue weighted by atomic mass is 32.2. The molecule has 1 heterocycles. The third kappa shape index (κ3) is 2.79. The van der Waals surface area contributed by atoms with E-state index >= 15 is 0 Å². The predicted molar refractivity (Wildman–Crippen MR) is 72.9 cm³/mol. The van der Waals surface area contributed by atoms with Gasteiger partial charge >= 0.3 is 0 Å². The summed E-state index contributed by atoms with van der Waals surface area (Å²) in [6.45, 7) is 1.70. The summed E-state index contributed by atoms with van der Waals surface area (Å²) in [5.74, 6) is 0.315. The number of anilines is 1. The Morgan fingerprint density at radius 1 is 1.50 bits per heavy atom. The molecular formula is C12H13N5O2S. The van der Waals surface area contributed by atoms with Crippen molar-refractivity contribution in [2.24, 2.45) is 0 Å². The summed E-state index contributed by atoms with van der Waals surface area (Å²) in [7, 11) is -3.71. The standard InChI is InChI=1S/C12H13N5O2S/c1-8-2-3-9(5-13)4-11(8)20(18,19)16-7-10-6-15-17-12(10)14/h2-4,6,16H,7H2,1H3,(H3,14,15,17). The van der Waals surface area contributed by atoms with Gasteiger partial charge in [0, 0.05) is 12.1 Å². The molecule has 0 bridgehead atoms. The van der Waals surface area contributed by atoms with Crippen LogP contribution < -0.4 is 10.5 Å². The van der Waals surface area contributed by atoms with Crippen LogP contribution in [0.2, 0.25) is 0 Å². The van der Waals surface area contributed by atoms with Crippen LogP contribution in [-0.4, -0.2) is 18.6 Å². The first kappa shape index (κ1) is 14.0. The van der Waals surface area contributed by atoms with Crippen LogP contribution in [0.5, 0.6) is 0 Å². The van der Waals surface area contributed by atoms with E-state index in [9.17, 15) is 8.42 Å². The number of nitrogen functional groups attached to an aromatic ring is 1. The number of nitrogens with one attached hydrogen (secondary N) is 2. The molecule has 0 aliphatic rings. The lowest BCUT2D eigenvalue weighted by molar-refractivity contribution is 0.581. The maximum absolute atomic E-state index is 12.2. The molecule has 0 saturated carbocycles. The molecule has 0 atom stereocenters. The number of sulfonamides is 1. The molecule has 2 rings (SSSR count). The van der Waals surface area contributed by atoms with Gasteiger partial charge < -0.3 is 5.73 Å². The summed E-state index contributed by atoms with van der Waals surface area (Å²) < 4.78 is 26.9. The van der Waals surface area contributed by atoms with Gasteiger partial charge in [-0.15, -0.1) is 0 Å². The third-order valence-corrected chi connectivity index (χ3v) is 4.35. The number of H-pyrrole nitrogens is 1. The molecule has 104 valence electrons. The van der Waals surface area contributed by atoms with Gasteiger partial charge in [-0.1, -0.05) is 6.07 Å². The Hall–Kier alpha value is -2.37. The molecule has 1 aromatic heterocycles. The smallest absolute Gasteiger partial charge is 0.241 e. The molecule has 0 spiro atoms. The lowest BCUT2D eigenvalue weighted by atomic mass is 10.2. The lowest BCUT2D eigenvalue weighted by Gasteiger charge is -2.09. The lowest BCUT2D eigenvalue weighted by Crippen LogP contribution is -2.24. The zero-order valence-electron chi connectivity index (χ0n) is 10.7. The van der Waals surface area contributed by atoms with Gasteiger partial charge in [0.05, 0.1) is 22.7 Å². The second-order valence-electron chi connectivity index (χ2n) is 4.23. The van der Waals surface area contributed by atoms with Gasteiger partial charge in [0.25, 0.3) is 0 Å². The summed E-state index contributed by atoms with van der Waals surface area (Å²) in [4.78, 5) is 0.0821. The van der Waals surface area contributed by atoms with Gasteiger partial charge in [-0.2, -0.15) is 10.4 Å². The van der Waals surface area contributed by atoms with Crippen LogP contribution in [0.15, 0.2) is 29.3 Å². The number of nitrogens with two attached hydrogens (primary N) is 1. The highest BCUT2D eigenvalue weighted by molar-refractivity contribution is 7.89. The molecule has 0 aliphatic carbocycles. The van der Waals surface area contributed by atoms with Gasteiger partial charge in [-0.05, 0) is 24.6 Å². The van der Waals surface area contributed by atoms with E-state index in [2.05, 4.69) is 14.9 Å². The molecule has 4 N–H and O–H groups in total. The van der Waals surface area contributed by atoms with Gasteiger partial charge in [-0.3, -0.25) is 5.10 Å². The van der Waals surface area contributed by atoms with E-state index in [4.69, 9.17) is 11.0 Å². The van der Waals surface area contributed by atoms with Crippen molar-refractivity contribution < 1.29 is 8.42 Å². The van der Waals surface area contributed by atoms with Crippen molar-refractivity contribution in [1.82, 2.24) is 14.9 Å². The molecule has 7 nitrogen and oxygen atoms in total. The number of nitriles is 1. The number of rotatable bonds is 4. The number of hydrogen-bond donors (Lipinski definition) is 3. The second kappa shape index (κ2) is 5.32. The Morgan fingerprint density at radius 3 is 2.85 bits per heavy atom. The summed E-state index contributed by atoms with van der Waals surface area (Å²) in [6, 6.07) is 6.43. The van der Waals surface area contributed by atoms with E-state index in [0.717, 1.165) is 0 Å². The van der Waals surface area contributed by atoms with E-state index in [0.29, 0.717) is 22.5 Å². The van der Waals surface area contributed by atoms with E-state index in [-0.39, 0.29) is 11.4 Å². The summed E-state index contributed by atoms with van der Waals surface area (Å²) in [6.07, 6.45) is 1.45. The molecule has 0 amide bonds. The van der Waals surface area contributed by atoms with Gasteiger partial charge in [0.1, 0.15) is 5.82 Å². The predicted octanol–water partition coefficient (Wildman–Crippen LogP) is 0.651. The normalized spacial score (nSPS) is 11.2. The molecule has 0 radical (unpaired) electrons. The van der Waals surface area contributed by atoms with Gasteiger partial charge in [0.15, 0.2) is 0 Å². The van der Waals surface area contributed by atoms with Crippen molar-refractivity contribution in [3.8, 4) is 6.07 Å². The quantitative estimate of drug-likeness (QED) is 0.762. The maximum Gasteiger partial charge on any atom is 0.241 e. The molecule has 1 aromatic carbocycles. The summed E-state index contributed by atoms with van der Waals surface area (Å²) >= 11 is 0. The Balaban J connectivity index is 2.27. The molecular weight excluding hydrogens is 278 g/mol. The Labute approximate surface area is 116 Å². The van der Waals surface area contributed by atoms with E-state index in [1.165, 1.54) is 12.3 Å². The molecule has 0 saturated heterocycles. The fourth-order valence-electron chi connectivity index (χ4n) is 1.67. The first-order valence-electron chi connectivity index (χ1n) is 5.72.